The van der Waals surface area contributed by atoms with Gasteiger partial charge in [-0.15, -0.1) is 10.2 Å². The first-order chi connectivity index (χ1) is 14.5. The van der Waals surface area contributed by atoms with E-state index in [2.05, 4.69) is 10.2 Å². The summed E-state index contributed by atoms with van der Waals surface area (Å²) in [6.07, 6.45) is -1.42. The molecule has 1 saturated carbocycles. The van der Waals surface area contributed by atoms with Gasteiger partial charge in [0, 0.05) is 24.7 Å². The van der Waals surface area contributed by atoms with Crippen molar-refractivity contribution in [2.75, 3.05) is 13.9 Å². The largest absolute Gasteiger partial charge is 0.467 e. The van der Waals surface area contributed by atoms with Crippen molar-refractivity contribution in [3.63, 3.8) is 0 Å². The minimum absolute atomic E-state index is 0.0950. The Hall–Kier alpha value is -2.36. The molecule has 1 N–H and O–H groups in total. The third-order valence-electron chi connectivity index (χ3n) is 5.49. The highest BCUT2D eigenvalue weighted by molar-refractivity contribution is 6.33. The number of benzene rings is 1. The van der Waals surface area contributed by atoms with Crippen molar-refractivity contribution in [2.45, 2.75) is 44.5 Å². The summed E-state index contributed by atoms with van der Waals surface area (Å²) >= 11 is 6.24. The topological polar surface area (TPSA) is 69.4 Å². The van der Waals surface area contributed by atoms with E-state index in [1.165, 1.54) is 7.11 Å². The molecule has 3 aromatic rings. The molecule has 0 unspecified atom stereocenters. The zero-order valence-electron chi connectivity index (χ0n) is 17.1. The Balaban J connectivity index is 1.80. The molecular formula is C21H21ClF3N3O3. The molecule has 1 aromatic carbocycles. The standard InChI is InChI=1S/C21H21ClF3N3O3/c1-11-9-28(13-7-20(2,29)8-13)19-14(11)6-16(26-27-19)18-15(22)4-12(21(23,24)25)5-17(18)31-10-30-3/h4-6,9,13,29H,7-8,10H2,1-3H3. The fourth-order valence-electron chi connectivity index (χ4n) is 3.99. The van der Waals surface area contributed by atoms with Gasteiger partial charge >= 0.3 is 6.18 Å². The summed E-state index contributed by atoms with van der Waals surface area (Å²) in [4.78, 5) is 0. The number of ether oxygens (including phenoxy) is 2. The molecule has 0 bridgehead atoms. The second-order valence-corrected chi connectivity index (χ2v) is 8.53. The van der Waals surface area contributed by atoms with Crippen molar-refractivity contribution >= 4 is 22.6 Å². The highest BCUT2D eigenvalue weighted by Crippen LogP contribution is 2.44. The van der Waals surface area contributed by atoms with Crippen LogP contribution in [-0.4, -0.2) is 39.4 Å². The van der Waals surface area contributed by atoms with Crippen molar-refractivity contribution in [3.05, 3.63) is 40.5 Å². The number of aromatic nitrogens is 3. The van der Waals surface area contributed by atoms with E-state index < -0.39 is 17.3 Å². The highest BCUT2D eigenvalue weighted by Gasteiger charge is 2.40. The summed E-state index contributed by atoms with van der Waals surface area (Å²) < 4.78 is 51.9. The van der Waals surface area contributed by atoms with Gasteiger partial charge in [-0.3, -0.25) is 0 Å². The molecule has 2 aromatic heterocycles. The number of hydrogen-bond acceptors (Lipinski definition) is 5. The average molecular weight is 456 g/mol. The predicted octanol–water partition coefficient (Wildman–Crippen LogP) is 5.15. The summed E-state index contributed by atoms with van der Waals surface area (Å²) in [6.45, 7) is 3.45. The van der Waals surface area contributed by atoms with E-state index >= 15 is 0 Å². The normalized spacial score (nSPS) is 21.4. The van der Waals surface area contributed by atoms with Crippen LogP contribution in [0.2, 0.25) is 5.02 Å². The molecule has 0 radical (unpaired) electrons. The molecule has 10 heteroatoms. The molecular weight excluding hydrogens is 435 g/mol. The van der Waals surface area contributed by atoms with Crippen LogP contribution in [0.1, 0.15) is 36.9 Å². The number of nitrogens with zero attached hydrogens (tertiary/aromatic N) is 3. The molecule has 0 atom stereocenters. The van der Waals surface area contributed by atoms with Crippen molar-refractivity contribution < 1.29 is 27.8 Å². The van der Waals surface area contributed by atoms with Crippen LogP contribution >= 0.6 is 11.6 Å². The van der Waals surface area contributed by atoms with Crippen LogP contribution in [0.3, 0.4) is 0 Å². The Labute approximate surface area is 181 Å². The van der Waals surface area contributed by atoms with E-state index in [1.54, 1.807) is 13.0 Å². The van der Waals surface area contributed by atoms with Gasteiger partial charge in [0.1, 0.15) is 5.75 Å². The quantitative estimate of drug-likeness (QED) is 0.539. The molecule has 0 aliphatic heterocycles. The number of fused-ring (bicyclic) bond motifs is 1. The van der Waals surface area contributed by atoms with Gasteiger partial charge in [-0.25, -0.2) is 0 Å². The maximum Gasteiger partial charge on any atom is 0.416 e. The van der Waals surface area contributed by atoms with Crippen molar-refractivity contribution in [1.82, 2.24) is 14.8 Å². The number of halogens is 4. The van der Waals surface area contributed by atoms with Gasteiger partial charge < -0.3 is 19.1 Å². The zero-order chi connectivity index (χ0) is 22.6. The van der Waals surface area contributed by atoms with Gasteiger partial charge in [0.05, 0.1) is 27.4 Å². The number of aliphatic hydroxyl groups is 1. The van der Waals surface area contributed by atoms with Gasteiger partial charge in [0.15, 0.2) is 12.4 Å². The second-order valence-electron chi connectivity index (χ2n) is 8.13. The lowest BCUT2D eigenvalue weighted by molar-refractivity contribution is -0.137. The van der Waals surface area contributed by atoms with Crippen LogP contribution in [0.5, 0.6) is 5.75 Å². The molecule has 0 spiro atoms. The number of methoxy groups -OCH3 is 1. The molecule has 0 amide bonds. The van der Waals surface area contributed by atoms with E-state index in [4.69, 9.17) is 21.1 Å². The molecule has 0 saturated heterocycles. The van der Waals surface area contributed by atoms with E-state index in [1.807, 2.05) is 17.7 Å². The second kappa shape index (κ2) is 7.65. The summed E-state index contributed by atoms with van der Waals surface area (Å²) in [5, 5.41) is 19.3. The van der Waals surface area contributed by atoms with Crippen LogP contribution in [-0.2, 0) is 10.9 Å². The Morgan fingerprint density at radius 1 is 1.26 bits per heavy atom. The highest BCUT2D eigenvalue weighted by atomic mass is 35.5. The summed E-state index contributed by atoms with van der Waals surface area (Å²) in [5.41, 5.74) is 0.452. The Morgan fingerprint density at radius 3 is 2.58 bits per heavy atom. The maximum absolute atomic E-state index is 13.2. The zero-order valence-corrected chi connectivity index (χ0v) is 17.9. The number of rotatable bonds is 5. The van der Waals surface area contributed by atoms with E-state index in [0.717, 1.165) is 23.1 Å². The number of alkyl halides is 3. The SMILES string of the molecule is COCOc1cc(C(F)(F)F)cc(Cl)c1-c1cc2c(C)cn(C3CC(C)(O)C3)c2nn1. The molecule has 1 aliphatic carbocycles. The lowest BCUT2D eigenvalue weighted by Crippen LogP contribution is -2.41. The van der Waals surface area contributed by atoms with Crippen LogP contribution < -0.4 is 4.74 Å². The Kier molecular flexibility index (Phi) is 5.39. The van der Waals surface area contributed by atoms with Crippen LogP contribution in [0.4, 0.5) is 13.2 Å². The molecule has 31 heavy (non-hydrogen) atoms. The van der Waals surface area contributed by atoms with Gasteiger partial charge in [-0.2, -0.15) is 13.2 Å². The minimum atomic E-state index is -4.58. The van der Waals surface area contributed by atoms with Crippen molar-refractivity contribution in [2.24, 2.45) is 0 Å². The first-order valence-corrected chi connectivity index (χ1v) is 9.98. The fraction of sp³-hybridized carbons (Fsp3) is 0.429. The van der Waals surface area contributed by atoms with Crippen LogP contribution in [0, 0.1) is 6.92 Å². The Morgan fingerprint density at radius 2 is 1.97 bits per heavy atom. The molecule has 4 rings (SSSR count). The molecule has 1 aliphatic rings. The minimum Gasteiger partial charge on any atom is -0.467 e. The van der Waals surface area contributed by atoms with Gasteiger partial charge in [0.2, 0.25) is 0 Å². The summed E-state index contributed by atoms with van der Waals surface area (Å²) in [7, 11) is 1.37. The van der Waals surface area contributed by atoms with E-state index in [0.29, 0.717) is 24.2 Å². The molecule has 1 fully saturated rings. The third kappa shape index (κ3) is 4.09. The number of aryl methyl sites for hydroxylation is 1. The molecule has 2 heterocycles. The number of hydrogen-bond donors (Lipinski definition) is 1. The maximum atomic E-state index is 13.2. The monoisotopic (exact) mass is 455 g/mol. The molecule has 6 nitrogen and oxygen atoms in total. The fourth-order valence-corrected chi connectivity index (χ4v) is 4.30. The summed E-state index contributed by atoms with van der Waals surface area (Å²) in [6, 6.07) is 3.57. The van der Waals surface area contributed by atoms with Gasteiger partial charge in [-0.05, 0) is 50.5 Å². The smallest absolute Gasteiger partial charge is 0.416 e. The van der Waals surface area contributed by atoms with Crippen LogP contribution in [0.15, 0.2) is 24.4 Å². The summed E-state index contributed by atoms with van der Waals surface area (Å²) in [5.74, 6) is -0.0950. The lowest BCUT2D eigenvalue weighted by Gasteiger charge is -2.41. The first kappa shape index (κ1) is 21.9. The van der Waals surface area contributed by atoms with Gasteiger partial charge in [-0.1, -0.05) is 11.6 Å². The van der Waals surface area contributed by atoms with Crippen molar-refractivity contribution in [1.29, 1.82) is 0 Å². The Bertz CT molecular complexity index is 1140. The third-order valence-corrected chi connectivity index (χ3v) is 5.79. The average Bonchev–Trinajstić information content (AvgIpc) is 2.99. The predicted molar refractivity (Wildman–Crippen MR) is 109 cm³/mol. The van der Waals surface area contributed by atoms with E-state index in [9.17, 15) is 18.3 Å². The first-order valence-electron chi connectivity index (χ1n) is 9.60. The van der Waals surface area contributed by atoms with Crippen molar-refractivity contribution in [3.8, 4) is 17.0 Å². The van der Waals surface area contributed by atoms with Crippen LogP contribution in [0.25, 0.3) is 22.3 Å². The van der Waals surface area contributed by atoms with E-state index in [-0.39, 0.29) is 29.2 Å². The lowest BCUT2D eigenvalue weighted by atomic mass is 9.77. The van der Waals surface area contributed by atoms with Gasteiger partial charge in [0.25, 0.3) is 0 Å². The molecule has 166 valence electrons.